The second-order valence-corrected chi connectivity index (χ2v) is 7.38. The second kappa shape index (κ2) is 7.00. The van der Waals surface area contributed by atoms with Gasteiger partial charge in [0.25, 0.3) is 5.91 Å². The summed E-state index contributed by atoms with van der Waals surface area (Å²) >= 11 is 0. The first-order valence-electron chi connectivity index (χ1n) is 9.22. The van der Waals surface area contributed by atoms with E-state index >= 15 is 0 Å². The van der Waals surface area contributed by atoms with E-state index in [2.05, 4.69) is 10.2 Å². The van der Waals surface area contributed by atoms with E-state index in [4.69, 9.17) is 4.42 Å². The van der Waals surface area contributed by atoms with E-state index in [1.165, 1.54) is 19.4 Å². The van der Waals surface area contributed by atoms with Gasteiger partial charge in [0.05, 0.1) is 0 Å². The monoisotopic (exact) mass is 340 g/mol. The number of carbonyl (C=O) groups excluding carboxylic acids is 1. The maximum absolute atomic E-state index is 12.4. The zero-order valence-corrected chi connectivity index (χ0v) is 14.4. The van der Waals surface area contributed by atoms with Crippen molar-refractivity contribution in [2.24, 2.45) is 11.8 Å². The summed E-state index contributed by atoms with van der Waals surface area (Å²) in [5.74, 6) is 1.09. The molecule has 1 saturated heterocycles. The topological polar surface area (TPSA) is 62.6 Å². The van der Waals surface area contributed by atoms with E-state index in [0.29, 0.717) is 18.0 Å². The standard InChI is InChI=1S/C20H24N2O3/c23-19(17-11-16-3-1-2-4-18(16)25-20(17)24)21-12-14-7-9-22(10-8-14)13-15-5-6-15/h1-4,11,14-15H,5-10,12-13H2,(H,21,23). The zero-order chi connectivity index (χ0) is 17.2. The highest BCUT2D eigenvalue weighted by Crippen LogP contribution is 2.31. The predicted octanol–water partition coefficient (Wildman–Crippen LogP) is 2.64. The van der Waals surface area contributed by atoms with Gasteiger partial charge in [0.1, 0.15) is 11.1 Å². The molecule has 1 aromatic heterocycles. The van der Waals surface area contributed by atoms with Crippen molar-refractivity contribution in [1.29, 1.82) is 0 Å². The number of likely N-dealkylation sites (tertiary alicyclic amines) is 1. The number of carbonyl (C=O) groups is 1. The predicted molar refractivity (Wildman–Crippen MR) is 96.7 cm³/mol. The Bertz CT molecular complexity index is 817. The van der Waals surface area contributed by atoms with Gasteiger partial charge in [-0.1, -0.05) is 18.2 Å². The molecule has 0 bridgehead atoms. The van der Waals surface area contributed by atoms with Crippen LogP contribution in [0.4, 0.5) is 0 Å². The minimum absolute atomic E-state index is 0.0878. The number of piperidine rings is 1. The number of fused-ring (bicyclic) bond motifs is 1. The van der Waals surface area contributed by atoms with Crippen LogP contribution in [0.1, 0.15) is 36.0 Å². The quantitative estimate of drug-likeness (QED) is 0.850. The molecule has 1 aliphatic carbocycles. The Balaban J connectivity index is 1.33. The van der Waals surface area contributed by atoms with Gasteiger partial charge < -0.3 is 14.6 Å². The summed E-state index contributed by atoms with van der Waals surface area (Å²) in [5, 5.41) is 3.69. The van der Waals surface area contributed by atoms with Gasteiger partial charge in [-0.3, -0.25) is 4.79 Å². The van der Waals surface area contributed by atoms with Crippen LogP contribution in [0.3, 0.4) is 0 Å². The molecule has 0 atom stereocenters. The Kier molecular flexibility index (Phi) is 4.57. The van der Waals surface area contributed by atoms with E-state index < -0.39 is 5.63 Å². The fraction of sp³-hybridized carbons (Fsp3) is 0.500. The molecular weight excluding hydrogens is 316 g/mol. The van der Waals surface area contributed by atoms with Gasteiger partial charge >= 0.3 is 5.63 Å². The van der Waals surface area contributed by atoms with Crippen LogP contribution in [-0.4, -0.2) is 37.0 Å². The Morgan fingerprint density at radius 3 is 2.64 bits per heavy atom. The molecule has 2 heterocycles. The lowest BCUT2D eigenvalue weighted by Crippen LogP contribution is -2.40. The van der Waals surface area contributed by atoms with Crippen molar-refractivity contribution in [2.75, 3.05) is 26.2 Å². The number of hydrogen-bond acceptors (Lipinski definition) is 4. The zero-order valence-electron chi connectivity index (χ0n) is 14.4. The fourth-order valence-corrected chi connectivity index (χ4v) is 3.59. The third-order valence-corrected chi connectivity index (χ3v) is 5.36. The summed E-state index contributed by atoms with van der Waals surface area (Å²) in [6.07, 6.45) is 5.01. The Morgan fingerprint density at radius 2 is 1.88 bits per heavy atom. The molecule has 25 heavy (non-hydrogen) atoms. The Morgan fingerprint density at radius 1 is 1.12 bits per heavy atom. The first-order chi connectivity index (χ1) is 12.2. The van der Waals surface area contributed by atoms with E-state index in [0.717, 1.165) is 37.2 Å². The van der Waals surface area contributed by atoms with Gasteiger partial charge in [0.15, 0.2) is 0 Å². The van der Waals surface area contributed by atoms with E-state index in [1.54, 1.807) is 18.2 Å². The minimum atomic E-state index is -0.574. The van der Waals surface area contributed by atoms with Gasteiger partial charge in [-0.2, -0.15) is 0 Å². The molecule has 1 aromatic carbocycles. The number of amides is 1. The molecule has 4 rings (SSSR count). The summed E-state index contributed by atoms with van der Waals surface area (Å²) in [6, 6.07) is 8.85. The Labute approximate surface area is 147 Å². The molecule has 2 fully saturated rings. The van der Waals surface area contributed by atoms with Gasteiger partial charge in [-0.15, -0.1) is 0 Å². The number of nitrogens with one attached hydrogen (secondary N) is 1. The summed E-state index contributed by atoms with van der Waals surface area (Å²) < 4.78 is 5.24. The van der Waals surface area contributed by atoms with Crippen LogP contribution in [0.25, 0.3) is 11.0 Å². The first kappa shape index (κ1) is 16.3. The number of hydrogen-bond donors (Lipinski definition) is 1. The molecule has 5 nitrogen and oxygen atoms in total. The maximum Gasteiger partial charge on any atom is 0.349 e. The average molecular weight is 340 g/mol. The molecule has 0 unspecified atom stereocenters. The van der Waals surface area contributed by atoms with Crippen LogP contribution >= 0.6 is 0 Å². The lowest BCUT2D eigenvalue weighted by Gasteiger charge is -2.32. The van der Waals surface area contributed by atoms with E-state index in [1.807, 2.05) is 12.1 Å². The van der Waals surface area contributed by atoms with E-state index in [9.17, 15) is 9.59 Å². The molecule has 5 heteroatoms. The highest BCUT2D eigenvalue weighted by Gasteiger charge is 2.27. The van der Waals surface area contributed by atoms with Crippen molar-refractivity contribution < 1.29 is 9.21 Å². The molecule has 132 valence electrons. The molecule has 0 radical (unpaired) electrons. The van der Waals surface area contributed by atoms with Gasteiger partial charge in [-0.25, -0.2) is 4.79 Å². The van der Waals surface area contributed by atoms with Crippen molar-refractivity contribution in [1.82, 2.24) is 10.2 Å². The second-order valence-electron chi connectivity index (χ2n) is 7.38. The lowest BCUT2D eigenvalue weighted by atomic mass is 9.96. The minimum Gasteiger partial charge on any atom is -0.422 e. The van der Waals surface area contributed by atoms with Crippen LogP contribution in [-0.2, 0) is 0 Å². The smallest absolute Gasteiger partial charge is 0.349 e. The first-order valence-corrected chi connectivity index (χ1v) is 9.22. The third kappa shape index (κ3) is 3.93. The van der Waals surface area contributed by atoms with Crippen LogP contribution in [0.5, 0.6) is 0 Å². The van der Waals surface area contributed by atoms with Crippen LogP contribution < -0.4 is 10.9 Å². The summed E-state index contributed by atoms with van der Waals surface area (Å²) in [4.78, 5) is 27.0. The third-order valence-electron chi connectivity index (χ3n) is 5.36. The lowest BCUT2D eigenvalue weighted by molar-refractivity contribution is 0.0932. The van der Waals surface area contributed by atoms with Crippen LogP contribution in [0.15, 0.2) is 39.5 Å². The Hall–Kier alpha value is -2.14. The molecule has 0 spiro atoms. The number of nitrogens with zero attached hydrogens (tertiary/aromatic N) is 1. The van der Waals surface area contributed by atoms with Gasteiger partial charge in [0.2, 0.25) is 0 Å². The molecule has 1 saturated carbocycles. The highest BCUT2D eigenvalue weighted by atomic mass is 16.4. The number of para-hydroxylation sites is 1. The maximum atomic E-state index is 12.4. The normalized spacial score (nSPS) is 19.2. The highest BCUT2D eigenvalue weighted by molar-refractivity contribution is 5.96. The summed E-state index contributed by atoms with van der Waals surface area (Å²) in [5.41, 5.74) is 0.0207. The largest absolute Gasteiger partial charge is 0.422 e. The van der Waals surface area contributed by atoms with Crippen molar-refractivity contribution in [3.8, 4) is 0 Å². The number of benzene rings is 1. The SMILES string of the molecule is O=C(NCC1CCN(CC2CC2)CC1)c1cc2ccccc2oc1=O. The van der Waals surface area contributed by atoms with Crippen LogP contribution in [0.2, 0.25) is 0 Å². The van der Waals surface area contributed by atoms with Gasteiger partial charge in [-0.05, 0) is 62.7 Å². The fourth-order valence-electron chi connectivity index (χ4n) is 3.59. The molecular formula is C20H24N2O3. The van der Waals surface area contributed by atoms with Gasteiger partial charge in [0, 0.05) is 18.5 Å². The van der Waals surface area contributed by atoms with Crippen LogP contribution in [0, 0.1) is 11.8 Å². The molecule has 2 aromatic rings. The number of rotatable bonds is 5. The average Bonchev–Trinajstić information content (AvgIpc) is 3.44. The van der Waals surface area contributed by atoms with Crippen molar-refractivity contribution in [2.45, 2.75) is 25.7 Å². The molecule has 1 N–H and O–H groups in total. The van der Waals surface area contributed by atoms with Crippen molar-refractivity contribution in [3.63, 3.8) is 0 Å². The summed E-state index contributed by atoms with van der Waals surface area (Å²) in [6.45, 7) is 4.11. The molecule has 1 amide bonds. The molecule has 1 aliphatic heterocycles. The summed E-state index contributed by atoms with van der Waals surface area (Å²) in [7, 11) is 0. The van der Waals surface area contributed by atoms with E-state index in [-0.39, 0.29) is 11.5 Å². The molecule has 2 aliphatic rings. The van der Waals surface area contributed by atoms with Crippen molar-refractivity contribution >= 4 is 16.9 Å². The van der Waals surface area contributed by atoms with Crippen molar-refractivity contribution in [3.05, 3.63) is 46.3 Å².